The van der Waals surface area contributed by atoms with Crippen LogP contribution >= 0.6 is 0 Å². The fourth-order valence-electron chi connectivity index (χ4n) is 3.82. The summed E-state index contributed by atoms with van der Waals surface area (Å²) >= 11 is 0. The second kappa shape index (κ2) is 6.09. The second-order valence-electron chi connectivity index (χ2n) is 6.60. The Hall–Kier alpha value is -2.66. The topological polar surface area (TPSA) is 23.8 Å². The molecule has 2 aromatic carbocycles. The van der Waals surface area contributed by atoms with E-state index in [-0.39, 0.29) is 5.82 Å². The van der Waals surface area contributed by atoms with E-state index in [4.69, 9.17) is 5.26 Å². The average molecular weight is 315 g/mol. The molecular formula is C22H18FN. The lowest BCUT2D eigenvalue weighted by molar-refractivity contribution is 0.539. The summed E-state index contributed by atoms with van der Waals surface area (Å²) in [6.45, 7) is 0. The maximum atomic E-state index is 13.4. The van der Waals surface area contributed by atoms with Gasteiger partial charge in [0.2, 0.25) is 0 Å². The second-order valence-corrected chi connectivity index (χ2v) is 6.60. The van der Waals surface area contributed by atoms with E-state index in [9.17, 15) is 4.39 Å². The molecule has 0 radical (unpaired) electrons. The number of nitrogens with zero attached hydrogens (tertiary/aromatic N) is 1. The van der Waals surface area contributed by atoms with Gasteiger partial charge in [-0.15, -0.1) is 0 Å². The van der Waals surface area contributed by atoms with Gasteiger partial charge in [-0.05, 0) is 77.1 Å². The van der Waals surface area contributed by atoms with E-state index in [0.29, 0.717) is 11.8 Å². The molecule has 0 aromatic heterocycles. The molecule has 0 heterocycles. The van der Waals surface area contributed by atoms with Gasteiger partial charge in [0, 0.05) is 6.08 Å². The Morgan fingerprint density at radius 3 is 2.50 bits per heavy atom. The van der Waals surface area contributed by atoms with E-state index < -0.39 is 0 Å². The largest absolute Gasteiger partial charge is 0.207 e. The van der Waals surface area contributed by atoms with Gasteiger partial charge in [-0.3, -0.25) is 0 Å². The van der Waals surface area contributed by atoms with Crippen LogP contribution in [0, 0.1) is 29.0 Å². The van der Waals surface area contributed by atoms with Gasteiger partial charge < -0.3 is 0 Å². The van der Waals surface area contributed by atoms with Crippen molar-refractivity contribution in [3.05, 3.63) is 88.8 Å². The molecule has 0 aliphatic heterocycles. The lowest BCUT2D eigenvalue weighted by Crippen LogP contribution is -2.18. The highest BCUT2D eigenvalue weighted by Gasteiger charge is 2.37. The van der Waals surface area contributed by atoms with Gasteiger partial charge in [0.1, 0.15) is 5.82 Å². The van der Waals surface area contributed by atoms with Crippen LogP contribution in [-0.4, -0.2) is 0 Å². The molecule has 2 aromatic rings. The molecule has 24 heavy (non-hydrogen) atoms. The molecule has 1 saturated carbocycles. The lowest BCUT2D eigenvalue weighted by Gasteiger charge is -2.30. The van der Waals surface area contributed by atoms with Crippen LogP contribution in [0.25, 0.3) is 5.57 Å². The quantitative estimate of drug-likeness (QED) is 0.706. The highest BCUT2D eigenvalue weighted by Crippen LogP contribution is 2.49. The molecule has 1 unspecified atom stereocenters. The molecule has 0 N–H and O–H groups in total. The number of benzene rings is 2. The minimum atomic E-state index is -0.226. The Kier molecular flexibility index (Phi) is 3.78. The Labute approximate surface area is 141 Å². The zero-order chi connectivity index (χ0) is 16.5. The van der Waals surface area contributed by atoms with Gasteiger partial charge in [-0.2, -0.15) is 5.26 Å². The van der Waals surface area contributed by atoms with Crippen molar-refractivity contribution in [2.24, 2.45) is 11.8 Å². The minimum absolute atomic E-state index is 0.226. The van der Waals surface area contributed by atoms with Crippen LogP contribution < -0.4 is 0 Å². The van der Waals surface area contributed by atoms with Gasteiger partial charge in [-0.1, -0.05) is 36.4 Å². The summed E-state index contributed by atoms with van der Waals surface area (Å²) < 4.78 is 13.4. The number of allylic oxidation sites excluding steroid dienone is 3. The van der Waals surface area contributed by atoms with Crippen molar-refractivity contribution < 1.29 is 4.39 Å². The van der Waals surface area contributed by atoms with Crippen LogP contribution in [0.4, 0.5) is 4.39 Å². The third kappa shape index (κ3) is 2.67. The van der Waals surface area contributed by atoms with Gasteiger partial charge >= 0.3 is 0 Å². The summed E-state index contributed by atoms with van der Waals surface area (Å²) in [6, 6.07) is 17.3. The van der Waals surface area contributed by atoms with Gasteiger partial charge in [0.15, 0.2) is 0 Å². The minimum Gasteiger partial charge on any atom is -0.207 e. The third-order valence-corrected chi connectivity index (χ3v) is 5.08. The van der Waals surface area contributed by atoms with Crippen molar-refractivity contribution in [1.82, 2.24) is 0 Å². The lowest BCUT2D eigenvalue weighted by atomic mass is 9.74. The Bertz CT molecular complexity index is 864. The zero-order valence-electron chi connectivity index (χ0n) is 13.4. The molecular weight excluding hydrogens is 297 g/mol. The standard InChI is InChI=1S/C22H18FN/c23-18-11-9-16(10-12-18)22-19-5-2-1-4-17(19)14-21(15-7-8-15)20(22)6-3-13-24/h1-6,9-12,15,21H,7-8,14H2/b6-3+. The maximum absolute atomic E-state index is 13.4. The number of fused-ring (bicyclic) bond motifs is 1. The van der Waals surface area contributed by atoms with Gasteiger partial charge in [0.25, 0.3) is 0 Å². The predicted molar refractivity (Wildman–Crippen MR) is 93.5 cm³/mol. The van der Waals surface area contributed by atoms with Crippen LogP contribution in [0.1, 0.15) is 29.5 Å². The molecule has 0 spiro atoms. The summed E-state index contributed by atoms with van der Waals surface area (Å²) in [5.74, 6) is 0.924. The smallest absolute Gasteiger partial charge is 0.123 e. The van der Waals surface area contributed by atoms with Crippen molar-refractivity contribution in [1.29, 1.82) is 5.26 Å². The highest BCUT2D eigenvalue weighted by atomic mass is 19.1. The molecule has 4 rings (SSSR count). The number of hydrogen-bond donors (Lipinski definition) is 0. The molecule has 0 bridgehead atoms. The first kappa shape index (κ1) is 14.9. The van der Waals surface area contributed by atoms with E-state index in [1.54, 1.807) is 6.08 Å². The maximum Gasteiger partial charge on any atom is 0.123 e. The first-order valence-corrected chi connectivity index (χ1v) is 8.42. The molecule has 2 aliphatic carbocycles. The van der Waals surface area contributed by atoms with Crippen molar-refractivity contribution in [3.8, 4) is 6.07 Å². The number of rotatable bonds is 3. The van der Waals surface area contributed by atoms with Crippen molar-refractivity contribution in [2.75, 3.05) is 0 Å². The molecule has 118 valence electrons. The van der Waals surface area contributed by atoms with Crippen LogP contribution in [0.3, 0.4) is 0 Å². The highest BCUT2D eigenvalue weighted by molar-refractivity contribution is 5.87. The average Bonchev–Trinajstić information content (AvgIpc) is 3.44. The fraction of sp³-hybridized carbons (Fsp3) is 0.227. The van der Waals surface area contributed by atoms with Crippen LogP contribution in [0.5, 0.6) is 0 Å². The first-order chi connectivity index (χ1) is 11.8. The van der Waals surface area contributed by atoms with Crippen molar-refractivity contribution in [2.45, 2.75) is 19.3 Å². The monoisotopic (exact) mass is 315 g/mol. The number of halogens is 1. The molecule has 0 amide bonds. The SMILES string of the molecule is N#C/C=C/C1=C(c2ccc(F)cc2)c2ccccc2CC1C1CC1. The molecule has 1 atom stereocenters. The summed E-state index contributed by atoms with van der Waals surface area (Å²) in [4.78, 5) is 0. The van der Waals surface area contributed by atoms with Crippen LogP contribution in [-0.2, 0) is 6.42 Å². The molecule has 1 nitrogen and oxygen atoms in total. The Balaban J connectivity index is 1.96. The van der Waals surface area contributed by atoms with Gasteiger partial charge in [-0.25, -0.2) is 4.39 Å². The summed E-state index contributed by atoms with van der Waals surface area (Å²) in [7, 11) is 0. The zero-order valence-corrected chi connectivity index (χ0v) is 13.4. The van der Waals surface area contributed by atoms with Crippen LogP contribution in [0.2, 0.25) is 0 Å². The van der Waals surface area contributed by atoms with Crippen molar-refractivity contribution in [3.63, 3.8) is 0 Å². The molecule has 1 fully saturated rings. The molecule has 2 heteroatoms. The predicted octanol–water partition coefficient (Wildman–Crippen LogP) is 5.29. The summed E-state index contributed by atoms with van der Waals surface area (Å²) in [5.41, 5.74) is 5.96. The Morgan fingerprint density at radius 1 is 1.04 bits per heavy atom. The van der Waals surface area contributed by atoms with Crippen LogP contribution in [0.15, 0.2) is 66.3 Å². The first-order valence-electron chi connectivity index (χ1n) is 8.42. The normalized spacial score (nSPS) is 20.1. The molecule has 0 saturated heterocycles. The number of nitriles is 1. The number of hydrogen-bond acceptors (Lipinski definition) is 1. The van der Waals surface area contributed by atoms with Gasteiger partial charge in [0.05, 0.1) is 6.07 Å². The molecule has 2 aliphatic rings. The van der Waals surface area contributed by atoms with E-state index in [0.717, 1.165) is 17.6 Å². The van der Waals surface area contributed by atoms with E-state index in [1.165, 1.54) is 41.7 Å². The third-order valence-electron chi connectivity index (χ3n) is 5.08. The van der Waals surface area contributed by atoms with E-state index in [1.807, 2.05) is 24.3 Å². The Morgan fingerprint density at radius 2 is 1.79 bits per heavy atom. The fourth-order valence-corrected chi connectivity index (χ4v) is 3.82. The van der Waals surface area contributed by atoms with E-state index >= 15 is 0 Å². The van der Waals surface area contributed by atoms with E-state index in [2.05, 4.69) is 24.3 Å². The van der Waals surface area contributed by atoms with Crippen molar-refractivity contribution >= 4 is 5.57 Å². The summed E-state index contributed by atoms with van der Waals surface area (Å²) in [6.07, 6.45) is 7.08. The summed E-state index contributed by atoms with van der Waals surface area (Å²) in [5, 5.41) is 9.02.